The van der Waals surface area contributed by atoms with Crippen LogP contribution in [0.5, 0.6) is 0 Å². The molecule has 0 fully saturated rings. The highest BCUT2D eigenvalue weighted by Gasteiger charge is 1.98. The Morgan fingerprint density at radius 3 is 1.86 bits per heavy atom. The molecule has 7 nitrogen and oxygen atoms in total. The van der Waals surface area contributed by atoms with Crippen molar-refractivity contribution in [2.75, 3.05) is 18.8 Å². The minimum atomic E-state index is -1.05. The molecule has 0 aromatic heterocycles. The van der Waals surface area contributed by atoms with E-state index < -0.39 is 11.9 Å². The fourth-order valence-electron chi connectivity index (χ4n) is 0.230. The highest BCUT2D eigenvalue weighted by atomic mass is 32.1. The van der Waals surface area contributed by atoms with Gasteiger partial charge in [-0.2, -0.15) is 12.6 Å². The zero-order chi connectivity index (χ0) is 11.6. The van der Waals surface area contributed by atoms with Crippen molar-refractivity contribution in [2.24, 2.45) is 5.73 Å². The van der Waals surface area contributed by atoms with Crippen molar-refractivity contribution in [2.45, 2.75) is 0 Å². The van der Waals surface area contributed by atoms with Crippen LogP contribution in [0, 0.1) is 0 Å². The highest BCUT2D eigenvalue weighted by Crippen LogP contribution is 1.71. The Morgan fingerprint density at radius 2 is 1.64 bits per heavy atom. The maximum atomic E-state index is 10.3. The molecule has 0 aromatic carbocycles. The molecule has 0 saturated carbocycles. The third kappa shape index (κ3) is 17.0. The zero-order valence-corrected chi connectivity index (χ0v) is 8.16. The molecule has 1 amide bonds. The number of hydrogen-bond donors (Lipinski definition) is 5. The van der Waals surface area contributed by atoms with E-state index in [1.165, 1.54) is 0 Å². The molecule has 0 radical (unpaired) electrons. The van der Waals surface area contributed by atoms with Gasteiger partial charge >= 0.3 is 11.9 Å². The van der Waals surface area contributed by atoms with E-state index in [9.17, 15) is 14.4 Å². The number of thiol groups is 1. The molecule has 0 aliphatic carbocycles. The lowest BCUT2D eigenvalue weighted by molar-refractivity contribution is -0.137. The van der Waals surface area contributed by atoms with Gasteiger partial charge in [0.05, 0.1) is 12.3 Å². The van der Waals surface area contributed by atoms with Crippen LogP contribution in [0.4, 0.5) is 0 Å². The number of aliphatic carboxylic acids is 2. The van der Waals surface area contributed by atoms with Crippen LogP contribution in [0.3, 0.4) is 0 Å². The number of hydrogen-bond acceptors (Lipinski definition) is 5. The molecule has 0 spiro atoms. The van der Waals surface area contributed by atoms with Gasteiger partial charge in [-0.05, 0) is 0 Å². The number of carbonyl (C=O) groups excluding carboxylic acids is 1. The molecule has 0 aromatic rings. The molecular formula is C6H12N2O5S. The van der Waals surface area contributed by atoms with Gasteiger partial charge in [-0.25, -0.2) is 0 Å². The molecule has 0 bridgehead atoms. The lowest BCUT2D eigenvalue weighted by Gasteiger charge is -1.95. The second kappa shape index (κ2) is 9.81. The lowest BCUT2D eigenvalue weighted by Crippen LogP contribution is -2.29. The van der Waals surface area contributed by atoms with Crippen LogP contribution in [0.25, 0.3) is 0 Å². The highest BCUT2D eigenvalue weighted by molar-refractivity contribution is 7.81. The van der Waals surface area contributed by atoms with Crippen LogP contribution in [0.2, 0.25) is 0 Å². The van der Waals surface area contributed by atoms with E-state index >= 15 is 0 Å². The number of nitrogens with two attached hydrogens (primary N) is 1. The number of rotatable bonds is 4. The Labute approximate surface area is 85.7 Å². The summed E-state index contributed by atoms with van der Waals surface area (Å²) in [5, 5.41) is 17.7. The molecule has 14 heavy (non-hydrogen) atoms. The molecule has 0 unspecified atom stereocenters. The van der Waals surface area contributed by atoms with Crippen LogP contribution < -0.4 is 11.1 Å². The van der Waals surface area contributed by atoms with E-state index in [0.717, 1.165) is 0 Å². The Balaban J connectivity index is 0. The second-order valence-electron chi connectivity index (χ2n) is 1.93. The molecule has 0 heterocycles. The molecule has 0 atom stereocenters. The number of amides is 1. The molecule has 82 valence electrons. The van der Waals surface area contributed by atoms with E-state index in [1.807, 2.05) is 0 Å². The van der Waals surface area contributed by atoms with E-state index in [4.69, 9.17) is 10.2 Å². The molecule has 0 rings (SSSR count). The minimum absolute atomic E-state index is 0.0211. The van der Waals surface area contributed by atoms with Gasteiger partial charge in [-0.3, -0.25) is 14.4 Å². The number of carboxylic acid groups (broad SMARTS) is 2. The first kappa shape index (κ1) is 15.2. The Kier molecular flexibility index (Phi) is 10.6. The summed E-state index contributed by atoms with van der Waals surface area (Å²) >= 11 is 3.61. The smallest absolute Gasteiger partial charge is 0.322 e. The maximum Gasteiger partial charge on any atom is 0.322 e. The third-order valence-corrected chi connectivity index (χ3v) is 1.04. The Bertz CT molecular complexity index is 208. The van der Waals surface area contributed by atoms with Gasteiger partial charge in [0.2, 0.25) is 5.91 Å². The summed E-state index contributed by atoms with van der Waals surface area (Å²) in [5.74, 6) is -2.37. The van der Waals surface area contributed by atoms with Crippen molar-refractivity contribution < 1.29 is 24.6 Å². The van der Waals surface area contributed by atoms with Gasteiger partial charge in [0.1, 0.15) is 6.54 Å². The topological polar surface area (TPSA) is 130 Å². The average Bonchev–Trinajstić information content (AvgIpc) is 2.14. The van der Waals surface area contributed by atoms with Crippen LogP contribution in [0.15, 0.2) is 0 Å². The van der Waals surface area contributed by atoms with Crippen molar-refractivity contribution in [3.63, 3.8) is 0 Å². The average molecular weight is 224 g/mol. The van der Waals surface area contributed by atoms with Crippen molar-refractivity contribution in [3.05, 3.63) is 0 Å². The zero-order valence-electron chi connectivity index (χ0n) is 7.27. The van der Waals surface area contributed by atoms with Gasteiger partial charge in [0, 0.05) is 0 Å². The van der Waals surface area contributed by atoms with Crippen molar-refractivity contribution in [1.82, 2.24) is 5.32 Å². The standard InChI is InChI=1S/C4H7NO3S.C2H5NO2/c6-3(2-9)5-1-4(7)8;3-1-2(4)5/h9H,1-2H2,(H,5,6)(H,7,8);1,3H2,(H,4,5). The van der Waals surface area contributed by atoms with Gasteiger partial charge in [-0.1, -0.05) is 0 Å². The minimum Gasteiger partial charge on any atom is -0.480 e. The van der Waals surface area contributed by atoms with Crippen LogP contribution in [-0.4, -0.2) is 46.9 Å². The largest absolute Gasteiger partial charge is 0.480 e. The fourth-order valence-corrected chi connectivity index (χ4v) is 0.342. The quantitative estimate of drug-likeness (QED) is 0.356. The van der Waals surface area contributed by atoms with Crippen molar-refractivity contribution in [3.8, 4) is 0 Å². The van der Waals surface area contributed by atoms with E-state index in [2.05, 4.69) is 23.7 Å². The van der Waals surface area contributed by atoms with Crippen molar-refractivity contribution >= 4 is 30.5 Å². The second-order valence-corrected chi connectivity index (χ2v) is 2.24. The summed E-state index contributed by atoms with van der Waals surface area (Å²) in [6.07, 6.45) is 0. The number of carbonyl (C=O) groups is 3. The fraction of sp³-hybridized carbons (Fsp3) is 0.500. The molecule has 8 heteroatoms. The molecule has 0 aliphatic rings. The predicted molar refractivity (Wildman–Crippen MR) is 51.2 cm³/mol. The molecule has 0 saturated heterocycles. The summed E-state index contributed by atoms with van der Waals surface area (Å²) in [6.45, 7) is -0.612. The first-order chi connectivity index (χ1) is 6.43. The maximum absolute atomic E-state index is 10.3. The third-order valence-electron chi connectivity index (χ3n) is 0.755. The Hall–Kier alpha value is -1.28. The van der Waals surface area contributed by atoms with Crippen molar-refractivity contribution in [1.29, 1.82) is 0 Å². The lowest BCUT2D eigenvalue weighted by atomic mass is 10.6. The summed E-state index contributed by atoms with van der Waals surface area (Å²) in [6, 6.07) is 0. The first-order valence-electron chi connectivity index (χ1n) is 3.45. The molecule has 5 N–H and O–H groups in total. The van der Waals surface area contributed by atoms with Crippen LogP contribution in [0.1, 0.15) is 0 Å². The van der Waals surface area contributed by atoms with E-state index in [0.29, 0.717) is 0 Å². The van der Waals surface area contributed by atoms with Gasteiger partial charge < -0.3 is 21.3 Å². The van der Waals surface area contributed by atoms with E-state index in [1.54, 1.807) is 0 Å². The predicted octanol–water partition coefficient (Wildman–Crippen LogP) is -1.85. The summed E-state index contributed by atoms with van der Waals surface area (Å²) in [7, 11) is 0. The monoisotopic (exact) mass is 224 g/mol. The normalized spacial score (nSPS) is 8.14. The van der Waals surface area contributed by atoms with Gasteiger partial charge in [-0.15, -0.1) is 0 Å². The summed E-state index contributed by atoms with van der Waals surface area (Å²) < 4.78 is 0. The molecule has 0 aliphatic heterocycles. The van der Waals surface area contributed by atoms with E-state index in [-0.39, 0.29) is 24.7 Å². The summed E-state index contributed by atoms with van der Waals surface area (Å²) in [5.41, 5.74) is 4.57. The number of nitrogens with one attached hydrogen (secondary N) is 1. The first-order valence-corrected chi connectivity index (χ1v) is 4.08. The molecular weight excluding hydrogens is 212 g/mol. The van der Waals surface area contributed by atoms with Gasteiger partial charge in [0.25, 0.3) is 0 Å². The SMILES string of the molecule is NCC(=O)O.O=C(O)CNC(=O)CS. The van der Waals surface area contributed by atoms with Crippen LogP contribution >= 0.6 is 12.6 Å². The number of carboxylic acids is 2. The van der Waals surface area contributed by atoms with Crippen LogP contribution in [-0.2, 0) is 14.4 Å². The summed E-state index contributed by atoms with van der Waals surface area (Å²) in [4.78, 5) is 29.3. The van der Waals surface area contributed by atoms with Gasteiger partial charge in [0.15, 0.2) is 0 Å². The Morgan fingerprint density at radius 1 is 1.21 bits per heavy atom.